The van der Waals surface area contributed by atoms with Crippen LogP contribution in [0, 0.1) is 12.8 Å². The minimum absolute atomic E-state index is 0.0173. The van der Waals surface area contributed by atoms with Crippen LogP contribution < -0.4 is 15.4 Å². The number of carbonyl (C=O) groups is 1. The molecule has 0 bridgehead atoms. The van der Waals surface area contributed by atoms with Gasteiger partial charge in [-0.1, -0.05) is 17.7 Å². The van der Waals surface area contributed by atoms with Gasteiger partial charge in [0.25, 0.3) is 0 Å². The smallest absolute Gasteiger partial charge is 0.240 e. The molecular weight excluding hydrogens is 278 g/mol. The third-order valence-corrected chi connectivity index (χ3v) is 4.68. The number of carbonyl (C=O) groups excluding carboxylic acids is 1. The number of hydrogen-bond acceptors (Lipinski definition) is 4. The Hall–Kier alpha value is -1.44. The normalized spacial score (nSPS) is 15.7. The number of nitrogens with one attached hydrogen (secondary N) is 3. The van der Waals surface area contributed by atoms with E-state index in [1.54, 1.807) is 24.3 Å². The first-order valence-electron chi connectivity index (χ1n) is 6.54. The van der Waals surface area contributed by atoms with Gasteiger partial charge in [0.05, 0.1) is 10.8 Å². The van der Waals surface area contributed by atoms with E-state index >= 15 is 0 Å². The molecule has 2 rings (SSSR count). The van der Waals surface area contributed by atoms with Crippen molar-refractivity contribution in [2.24, 2.45) is 5.92 Å². The largest absolute Gasteiger partial charge is 0.354 e. The lowest BCUT2D eigenvalue weighted by Crippen LogP contribution is -2.51. The molecule has 1 aromatic rings. The lowest BCUT2D eigenvalue weighted by atomic mass is 10.0. The maximum Gasteiger partial charge on any atom is 0.240 e. The second-order valence-electron chi connectivity index (χ2n) is 4.86. The molecule has 7 heteroatoms. The van der Waals surface area contributed by atoms with Crippen molar-refractivity contribution < 1.29 is 13.2 Å². The number of aryl methyl sites for hydroxylation is 1. The number of rotatable bonds is 6. The van der Waals surface area contributed by atoms with Gasteiger partial charge in [-0.2, -0.15) is 0 Å². The molecule has 3 N–H and O–H groups in total. The Morgan fingerprint density at radius 1 is 1.25 bits per heavy atom. The van der Waals surface area contributed by atoms with Crippen LogP contribution in [-0.2, 0) is 14.8 Å². The third-order valence-electron chi connectivity index (χ3n) is 3.20. The van der Waals surface area contributed by atoms with Crippen LogP contribution in [-0.4, -0.2) is 40.5 Å². The van der Waals surface area contributed by atoms with Crippen molar-refractivity contribution in [1.82, 2.24) is 15.4 Å². The Bertz CT molecular complexity index is 565. The maximum atomic E-state index is 12.0. The van der Waals surface area contributed by atoms with Gasteiger partial charge in [-0.05, 0) is 19.1 Å². The third kappa shape index (κ3) is 3.78. The average Bonchev–Trinajstić information content (AvgIpc) is 2.33. The van der Waals surface area contributed by atoms with Gasteiger partial charge in [0, 0.05) is 26.2 Å². The maximum absolute atomic E-state index is 12.0. The first-order chi connectivity index (χ1) is 9.49. The van der Waals surface area contributed by atoms with E-state index in [2.05, 4.69) is 15.4 Å². The average molecular weight is 297 g/mol. The Kier molecular flexibility index (Phi) is 4.74. The van der Waals surface area contributed by atoms with Crippen LogP contribution in [0.1, 0.15) is 5.56 Å². The SMILES string of the molecule is Cc1ccc(S(=O)(=O)NCCNC(=O)C2CNC2)cc1. The van der Waals surface area contributed by atoms with E-state index in [0.29, 0.717) is 19.6 Å². The second-order valence-corrected chi connectivity index (χ2v) is 6.62. The summed E-state index contributed by atoms with van der Waals surface area (Å²) in [6.45, 7) is 3.76. The molecule has 1 amide bonds. The highest BCUT2D eigenvalue weighted by molar-refractivity contribution is 7.89. The molecule has 0 unspecified atom stereocenters. The quantitative estimate of drug-likeness (QED) is 0.624. The lowest BCUT2D eigenvalue weighted by Gasteiger charge is -2.25. The minimum Gasteiger partial charge on any atom is -0.354 e. The zero-order chi connectivity index (χ0) is 14.6. The summed E-state index contributed by atoms with van der Waals surface area (Å²) in [6, 6.07) is 6.63. The van der Waals surface area contributed by atoms with Crippen molar-refractivity contribution in [3.05, 3.63) is 29.8 Å². The molecule has 0 saturated carbocycles. The fraction of sp³-hybridized carbons (Fsp3) is 0.462. The van der Waals surface area contributed by atoms with E-state index in [4.69, 9.17) is 0 Å². The van der Waals surface area contributed by atoms with Crippen molar-refractivity contribution in [2.45, 2.75) is 11.8 Å². The zero-order valence-electron chi connectivity index (χ0n) is 11.3. The van der Waals surface area contributed by atoms with E-state index in [0.717, 1.165) is 5.56 Å². The Labute approximate surface area is 119 Å². The van der Waals surface area contributed by atoms with E-state index < -0.39 is 10.0 Å². The summed E-state index contributed by atoms with van der Waals surface area (Å²) in [5.41, 5.74) is 1.00. The predicted molar refractivity (Wildman–Crippen MR) is 75.7 cm³/mol. The number of hydrogen-bond donors (Lipinski definition) is 3. The fourth-order valence-corrected chi connectivity index (χ4v) is 2.82. The van der Waals surface area contributed by atoms with Gasteiger partial charge in [0.15, 0.2) is 0 Å². The number of sulfonamides is 1. The Morgan fingerprint density at radius 3 is 2.45 bits per heavy atom. The molecule has 1 aliphatic rings. The summed E-state index contributed by atoms with van der Waals surface area (Å²) < 4.78 is 26.4. The molecule has 0 aromatic heterocycles. The van der Waals surface area contributed by atoms with Crippen LogP contribution in [0.3, 0.4) is 0 Å². The monoisotopic (exact) mass is 297 g/mol. The summed E-state index contributed by atoms with van der Waals surface area (Å²) >= 11 is 0. The van der Waals surface area contributed by atoms with E-state index in [-0.39, 0.29) is 23.3 Å². The zero-order valence-corrected chi connectivity index (χ0v) is 12.2. The van der Waals surface area contributed by atoms with Crippen molar-refractivity contribution in [2.75, 3.05) is 26.2 Å². The summed E-state index contributed by atoms with van der Waals surface area (Å²) in [5.74, 6) is -0.0120. The molecule has 1 aromatic carbocycles. The van der Waals surface area contributed by atoms with Gasteiger partial charge in [0.2, 0.25) is 15.9 Å². The molecule has 1 aliphatic heterocycles. The number of amides is 1. The van der Waals surface area contributed by atoms with Crippen molar-refractivity contribution in [3.8, 4) is 0 Å². The summed E-state index contributed by atoms with van der Waals surface area (Å²) in [6.07, 6.45) is 0. The minimum atomic E-state index is -3.50. The second kappa shape index (κ2) is 6.34. The Balaban J connectivity index is 1.77. The topological polar surface area (TPSA) is 87.3 Å². The summed E-state index contributed by atoms with van der Waals surface area (Å²) in [7, 11) is -3.50. The Morgan fingerprint density at radius 2 is 1.90 bits per heavy atom. The standard InChI is InChI=1S/C13H19N3O3S/c1-10-2-4-12(5-3-10)20(18,19)16-7-6-15-13(17)11-8-14-9-11/h2-5,11,14,16H,6-9H2,1H3,(H,15,17). The summed E-state index contributed by atoms with van der Waals surface area (Å²) in [4.78, 5) is 11.8. The number of benzene rings is 1. The van der Waals surface area contributed by atoms with E-state index in [1.165, 1.54) is 0 Å². The van der Waals surface area contributed by atoms with E-state index in [9.17, 15) is 13.2 Å². The van der Waals surface area contributed by atoms with Crippen molar-refractivity contribution in [3.63, 3.8) is 0 Å². The molecule has 0 radical (unpaired) electrons. The molecule has 0 spiro atoms. The van der Waals surface area contributed by atoms with Crippen LogP contribution in [0.15, 0.2) is 29.2 Å². The molecule has 1 fully saturated rings. The van der Waals surface area contributed by atoms with Gasteiger partial charge in [0.1, 0.15) is 0 Å². The highest BCUT2D eigenvalue weighted by Crippen LogP contribution is 2.09. The van der Waals surface area contributed by atoms with Gasteiger partial charge in [-0.25, -0.2) is 13.1 Å². The summed E-state index contributed by atoms with van der Waals surface area (Å²) in [5, 5.41) is 5.72. The van der Waals surface area contributed by atoms with Crippen molar-refractivity contribution in [1.29, 1.82) is 0 Å². The van der Waals surface area contributed by atoms with Crippen LogP contribution in [0.5, 0.6) is 0 Å². The first kappa shape index (κ1) is 15.0. The van der Waals surface area contributed by atoms with Gasteiger partial charge in [-0.3, -0.25) is 4.79 Å². The van der Waals surface area contributed by atoms with E-state index in [1.807, 2.05) is 6.92 Å². The van der Waals surface area contributed by atoms with Gasteiger partial charge in [-0.15, -0.1) is 0 Å². The molecule has 6 nitrogen and oxygen atoms in total. The van der Waals surface area contributed by atoms with Crippen LogP contribution >= 0.6 is 0 Å². The molecule has 0 aliphatic carbocycles. The molecule has 1 saturated heterocycles. The highest BCUT2D eigenvalue weighted by atomic mass is 32.2. The predicted octanol–water partition coefficient (Wildman–Crippen LogP) is -0.391. The van der Waals surface area contributed by atoms with Crippen LogP contribution in [0.4, 0.5) is 0 Å². The van der Waals surface area contributed by atoms with Gasteiger partial charge >= 0.3 is 0 Å². The molecule has 20 heavy (non-hydrogen) atoms. The van der Waals surface area contributed by atoms with Crippen molar-refractivity contribution >= 4 is 15.9 Å². The lowest BCUT2D eigenvalue weighted by molar-refractivity contribution is -0.126. The highest BCUT2D eigenvalue weighted by Gasteiger charge is 2.24. The van der Waals surface area contributed by atoms with Crippen LogP contribution in [0.25, 0.3) is 0 Å². The molecule has 1 heterocycles. The fourth-order valence-electron chi connectivity index (χ4n) is 1.79. The first-order valence-corrected chi connectivity index (χ1v) is 8.02. The molecule has 0 atom stereocenters. The van der Waals surface area contributed by atoms with Crippen LogP contribution in [0.2, 0.25) is 0 Å². The van der Waals surface area contributed by atoms with Gasteiger partial charge < -0.3 is 10.6 Å². The molecular formula is C13H19N3O3S. The molecule has 110 valence electrons.